The molecule has 0 spiro atoms. The lowest BCUT2D eigenvalue weighted by Gasteiger charge is -2.33. The van der Waals surface area contributed by atoms with E-state index in [9.17, 15) is 0 Å². The van der Waals surface area contributed by atoms with Crippen molar-refractivity contribution >= 4 is 23.0 Å². The number of guanidine groups is 1. The molecular weight excluding hydrogens is 378 g/mol. The summed E-state index contributed by atoms with van der Waals surface area (Å²) in [5.74, 6) is 1.63. The summed E-state index contributed by atoms with van der Waals surface area (Å²) < 4.78 is 0. The number of para-hydroxylation sites is 1. The highest BCUT2D eigenvalue weighted by Gasteiger charge is 2.24. The van der Waals surface area contributed by atoms with Crippen molar-refractivity contribution in [3.05, 3.63) is 52.7 Å². The quantitative estimate of drug-likeness (QED) is 0.565. The summed E-state index contributed by atoms with van der Waals surface area (Å²) in [4.78, 5) is 11.0. The first-order chi connectivity index (χ1) is 14.3. The molecule has 0 aliphatic carbocycles. The van der Waals surface area contributed by atoms with Crippen molar-refractivity contribution in [2.75, 3.05) is 44.7 Å². The summed E-state index contributed by atoms with van der Waals surface area (Å²) in [6.45, 7) is 6.61. The maximum absolute atomic E-state index is 4.48. The first-order valence-corrected chi connectivity index (χ1v) is 11.7. The topological polar surface area (TPSA) is 42.9 Å². The summed E-state index contributed by atoms with van der Waals surface area (Å²) in [5.41, 5.74) is 1.31. The van der Waals surface area contributed by atoms with Crippen molar-refractivity contribution in [3.8, 4) is 0 Å². The van der Waals surface area contributed by atoms with E-state index in [2.05, 4.69) is 73.3 Å². The van der Waals surface area contributed by atoms with Gasteiger partial charge in [-0.25, -0.2) is 0 Å². The molecule has 1 aromatic heterocycles. The molecule has 0 saturated carbocycles. The van der Waals surface area contributed by atoms with Crippen LogP contribution in [0.15, 0.2) is 52.8 Å². The molecule has 2 unspecified atom stereocenters. The predicted molar refractivity (Wildman–Crippen MR) is 124 cm³/mol. The van der Waals surface area contributed by atoms with E-state index in [-0.39, 0.29) is 0 Å². The van der Waals surface area contributed by atoms with E-state index in [4.69, 9.17) is 0 Å². The Morgan fingerprint density at radius 1 is 1.10 bits per heavy atom. The van der Waals surface area contributed by atoms with Crippen LogP contribution in [0.1, 0.15) is 24.1 Å². The molecule has 6 heteroatoms. The average molecular weight is 412 g/mol. The number of nitrogens with zero attached hydrogens (tertiary/aromatic N) is 3. The third kappa shape index (κ3) is 5.73. The second-order valence-corrected chi connectivity index (χ2v) is 9.22. The fourth-order valence-corrected chi connectivity index (χ4v) is 5.21. The Morgan fingerprint density at radius 3 is 2.79 bits per heavy atom. The molecule has 4 rings (SSSR count). The van der Waals surface area contributed by atoms with Gasteiger partial charge in [0.1, 0.15) is 0 Å². The van der Waals surface area contributed by atoms with E-state index in [1.54, 1.807) is 0 Å². The highest BCUT2D eigenvalue weighted by atomic mass is 32.1. The van der Waals surface area contributed by atoms with Gasteiger partial charge < -0.3 is 15.5 Å². The molecule has 2 N–H and O–H groups in total. The van der Waals surface area contributed by atoms with Crippen LogP contribution in [0.4, 0.5) is 5.69 Å². The number of hydrogen-bond donors (Lipinski definition) is 2. The van der Waals surface area contributed by atoms with Crippen LogP contribution in [-0.2, 0) is 6.54 Å². The van der Waals surface area contributed by atoms with Gasteiger partial charge in [-0.3, -0.25) is 9.89 Å². The van der Waals surface area contributed by atoms with Crippen molar-refractivity contribution in [2.24, 2.45) is 10.9 Å². The van der Waals surface area contributed by atoms with Crippen LogP contribution < -0.4 is 15.5 Å². The first-order valence-electron chi connectivity index (χ1n) is 10.8. The standard InChI is InChI=1S/C23H33N5S/c1-24-23(26-20-11-13-28(17-20)21-8-3-2-4-9-21)25-15-19-7-5-12-27(16-19)18-22-10-6-14-29-22/h2-4,6,8-10,14,19-20H,5,7,11-13,15-18H2,1H3,(H2,24,25,26). The summed E-state index contributed by atoms with van der Waals surface area (Å²) in [5, 5.41) is 9.41. The van der Waals surface area contributed by atoms with E-state index < -0.39 is 0 Å². The van der Waals surface area contributed by atoms with Gasteiger partial charge in [0.05, 0.1) is 0 Å². The number of thiophene rings is 1. The van der Waals surface area contributed by atoms with E-state index in [0.29, 0.717) is 12.0 Å². The number of benzene rings is 1. The van der Waals surface area contributed by atoms with Crippen LogP contribution in [0.3, 0.4) is 0 Å². The SMILES string of the molecule is CN=C(NCC1CCCN(Cc2cccs2)C1)NC1CCN(c2ccccc2)C1. The van der Waals surface area contributed by atoms with Gasteiger partial charge >= 0.3 is 0 Å². The molecule has 2 atom stereocenters. The summed E-state index contributed by atoms with van der Waals surface area (Å²) >= 11 is 1.87. The summed E-state index contributed by atoms with van der Waals surface area (Å²) in [7, 11) is 1.88. The maximum atomic E-state index is 4.48. The molecule has 1 aromatic carbocycles. The zero-order valence-electron chi connectivity index (χ0n) is 17.4. The van der Waals surface area contributed by atoms with Gasteiger partial charge in [-0.2, -0.15) is 0 Å². The highest BCUT2D eigenvalue weighted by molar-refractivity contribution is 7.09. The van der Waals surface area contributed by atoms with Gasteiger partial charge in [0.25, 0.3) is 0 Å². The van der Waals surface area contributed by atoms with Crippen LogP contribution in [0.5, 0.6) is 0 Å². The van der Waals surface area contributed by atoms with Crippen LogP contribution in [0.25, 0.3) is 0 Å². The van der Waals surface area contributed by atoms with Crippen molar-refractivity contribution in [2.45, 2.75) is 31.8 Å². The number of nitrogens with one attached hydrogen (secondary N) is 2. The molecule has 2 aliphatic heterocycles. The molecule has 2 aliphatic rings. The Bertz CT molecular complexity index is 761. The Balaban J connectivity index is 1.21. The molecule has 2 saturated heterocycles. The first kappa shape index (κ1) is 20.2. The molecule has 0 bridgehead atoms. The number of likely N-dealkylation sites (tertiary alicyclic amines) is 1. The minimum Gasteiger partial charge on any atom is -0.369 e. The van der Waals surface area contributed by atoms with Gasteiger partial charge in [0.2, 0.25) is 0 Å². The second-order valence-electron chi connectivity index (χ2n) is 8.19. The Morgan fingerprint density at radius 2 is 2.00 bits per heavy atom. The molecular formula is C23H33N5S. The Labute approximate surface area is 178 Å². The Hall–Kier alpha value is -2.05. The van der Waals surface area contributed by atoms with Gasteiger partial charge in [-0.05, 0) is 55.3 Å². The average Bonchev–Trinajstić information content (AvgIpc) is 3.44. The van der Waals surface area contributed by atoms with Gasteiger partial charge in [0.15, 0.2) is 5.96 Å². The van der Waals surface area contributed by atoms with E-state index in [1.165, 1.54) is 36.5 Å². The van der Waals surface area contributed by atoms with Gasteiger partial charge in [-0.1, -0.05) is 24.3 Å². The zero-order chi connectivity index (χ0) is 19.9. The third-order valence-electron chi connectivity index (χ3n) is 5.99. The molecule has 5 nitrogen and oxygen atoms in total. The minimum absolute atomic E-state index is 0.447. The molecule has 3 heterocycles. The predicted octanol–water partition coefficient (Wildman–Crippen LogP) is 3.40. The number of rotatable bonds is 6. The Kier molecular flexibility index (Phi) is 7.06. The molecule has 0 radical (unpaired) electrons. The molecule has 29 heavy (non-hydrogen) atoms. The number of hydrogen-bond acceptors (Lipinski definition) is 4. The van der Waals surface area contributed by atoms with Crippen molar-refractivity contribution in [1.82, 2.24) is 15.5 Å². The minimum atomic E-state index is 0.447. The third-order valence-corrected chi connectivity index (χ3v) is 6.86. The van der Waals surface area contributed by atoms with Gasteiger partial charge in [-0.15, -0.1) is 11.3 Å². The largest absolute Gasteiger partial charge is 0.369 e. The van der Waals surface area contributed by atoms with Crippen LogP contribution >= 0.6 is 11.3 Å². The molecule has 0 amide bonds. The fourth-order valence-electron chi connectivity index (χ4n) is 4.46. The number of aliphatic imine (C=N–C) groups is 1. The summed E-state index contributed by atoms with van der Waals surface area (Å²) in [6.07, 6.45) is 3.74. The smallest absolute Gasteiger partial charge is 0.191 e. The molecule has 2 fully saturated rings. The lowest BCUT2D eigenvalue weighted by molar-refractivity contribution is 0.169. The monoisotopic (exact) mass is 411 g/mol. The second kappa shape index (κ2) is 10.1. The lowest BCUT2D eigenvalue weighted by atomic mass is 9.98. The van der Waals surface area contributed by atoms with E-state index in [0.717, 1.165) is 38.6 Å². The normalized spacial score (nSPS) is 23.3. The zero-order valence-corrected chi connectivity index (χ0v) is 18.2. The van der Waals surface area contributed by atoms with Crippen LogP contribution in [0.2, 0.25) is 0 Å². The molecule has 2 aromatic rings. The van der Waals surface area contributed by atoms with E-state index in [1.807, 2.05) is 18.4 Å². The van der Waals surface area contributed by atoms with Crippen molar-refractivity contribution in [3.63, 3.8) is 0 Å². The van der Waals surface area contributed by atoms with Crippen LogP contribution in [-0.4, -0.2) is 56.7 Å². The van der Waals surface area contributed by atoms with Gasteiger partial charge in [0, 0.05) is 56.4 Å². The fraction of sp³-hybridized carbons (Fsp3) is 0.522. The molecule has 156 valence electrons. The number of anilines is 1. The number of piperidine rings is 1. The van der Waals surface area contributed by atoms with Crippen molar-refractivity contribution < 1.29 is 0 Å². The van der Waals surface area contributed by atoms with E-state index >= 15 is 0 Å². The van der Waals surface area contributed by atoms with Crippen LogP contribution in [0, 0.1) is 5.92 Å². The van der Waals surface area contributed by atoms with Crippen molar-refractivity contribution in [1.29, 1.82) is 0 Å². The highest BCUT2D eigenvalue weighted by Crippen LogP contribution is 2.21. The lowest BCUT2D eigenvalue weighted by Crippen LogP contribution is -2.47. The summed E-state index contributed by atoms with van der Waals surface area (Å²) in [6, 6.07) is 15.5. The maximum Gasteiger partial charge on any atom is 0.191 e.